The SMILES string of the molecule is CC[C@H](NC(=O)[C@H](CC1CCCCC1)NC=O)C(=O)CN(CC)S(=O)(=O)c1ccccn1. The van der Waals surface area contributed by atoms with Crippen molar-refractivity contribution >= 4 is 28.1 Å². The molecule has 0 bridgehead atoms. The van der Waals surface area contributed by atoms with Crippen molar-refractivity contribution in [2.24, 2.45) is 5.92 Å². The molecule has 1 aliphatic rings. The van der Waals surface area contributed by atoms with Crippen LogP contribution in [-0.4, -0.2) is 61.0 Å². The lowest BCUT2D eigenvalue weighted by Gasteiger charge is -2.27. The number of nitrogens with one attached hydrogen (secondary N) is 2. The van der Waals surface area contributed by atoms with Gasteiger partial charge in [-0.2, -0.15) is 4.31 Å². The maximum Gasteiger partial charge on any atom is 0.260 e. The van der Waals surface area contributed by atoms with Crippen LogP contribution in [0.1, 0.15) is 58.8 Å². The second kappa shape index (κ2) is 12.6. The number of rotatable bonds is 13. The van der Waals surface area contributed by atoms with E-state index in [0.29, 0.717) is 25.2 Å². The third kappa shape index (κ3) is 7.09. The fraction of sp³-hybridized carbons (Fsp3) is 0.636. The van der Waals surface area contributed by atoms with Gasteiger partial charge in [-0.3, -0.25) is 14.4 Å². The molecule has 1 aromatic rings. The number of likely N-dealkylation sites (N-methyl/N-ethyl adjacent to an activating group) is 1. The molecule has 2 amide bonds. The molecule has 2 atom stereocenters. The average Bonchev–Trinajstić information content (AvgIpc) is 2.81. The number of Topliss-reactive ketones (excluding diaryl/α,β-unsaturated/α-hetero) is 1. The number of amides is 2. The van der Waals surface area contributed by atoms with E-state index in [1.807, 2.05) is 0 Å². The van der Waals surface area contributed by atoms with Crippen LogP contribution in [-0.2, 0) is 24.4 Å². The second-order valence-corrected chi connectivity index (χ2v) is 10.00. The first-order valence-electron chi connectivity index (χ1n) is 11.3. The topological polar surface area (TPSA) is 126 Å². The Labute approximate surface area is 190 Å². The minimum absolute atomic E-state index is 0.0893. The molecule has 0 aromatic carbocycles. The van der Waals surface area contributed by atoms with Crippen molar-refractivity contribution in [2.45, 2.75) is 75.9 Å². The molecule has 9 nitrogen and oxygen atoms in total. The van der Waals surface area contributed by atoms with Gasteiger partial charge in [-0.25, -0.2) is 13.4 Å². The summed E-state index contributed by atoms with van der Waals surface area (Å²) in [5.41, 5.74) is 0. The second-order valence-electron chi connectivity index (χ2n) is 8.11. The Hall–Kier alpha value is -2.33. The lowest BCUT2D eigenvalue weighted by atomic mass is 9.84. The number of carbonyl (C=O) groups excluding carboxylic acids is 3. The first-order chi connectivity index (χ1) is 15.3. The summed E-state index contributed by atoms with van der Waals surface area (Å²) in [6.45, 7) is 3.10. The van der Waals surface area contributed by atoms with E-state index in [9.17, 15) is 22.8 Å². The fourth-order valence-corrected chi connectivity index (χ4v) is 5.40. The Morgan fingerprint density at radius 1 is 1.19 bits per heavy atom. The van der Waals surface area contributed by atoms with Crippen LogP contribution in [0.15, 0.2) is 29.4 Å². The van der Waals surface area contributed by atoms with Gasteiger partial charge in [0.1, 0.15) is 6.04 Å². The highest BCUT2D eigenvalue weighted by Crippen LogP contribution is 2.27. The molecule has 2 rings (SSSR count). The first-order valence-corrected chi connectivity index (χ1v) is 12.7. The zero-order valence-corrected chi connectivity index (χ0v) is 19.6. The van der Waals surface area contributed by atoms with Crippen LogP contribution in [0.5, 0.6) is 0 Å². The number of pyridine rings is 1. The van der Waals surface area contributed by atoms with Crippen molar-refractivity contribution < 1.29 is 22.8 Å². The van der Waals surface area contributed by atoms with Crippen molar-refractivity contribution in [1.29, 1.82) is 0 Å². The molecule has 1 fully saturated rings. The van der Waals surface area contributed by atoms with Crippen molar-refractivity contribution in [1.82, 2.24) is 19.9 Å². The molecule has 0 spiro atoms. The van der Waals surface area contributed by atoms with E-state index in [2.05, 4.69) is 15.6 Å². The third-order valence-corrected chi connectivity index (χ3v) is 7.76. The van der Waals surface area contributed by atoms with Crippen LogP contribution >= 0.6 is 0 Å². The van der Waals surface area contributed by atoms with Gasteiger partial charge in [0.25, 0.3) is 10.0 Å². The molecule has 10 heteroatoms. The molecule has 0 aliphatic heterocycles. The number of sulfonamides is 1. The average molecular weight is 467 g/mol. The standard InChI is InChI=1S/C22H34N4O5S/c1-3-18(25-22(29)19(24-16-27)14-17-10-6-5-7-11-17)20(28)15-26(4-2)32(30,31)21-12-8-9-13-23-21/h8-9,12-13,16-19H,3-7,10-11,14-15H2,1-2H3,(H,24,27)(H,25,29)/t18-,19-/m0/s1. The summed E-state index contributed by atoms with van der Waals surface area (Å²) >= 11 is 0. The fourth-order valence-electron chi connectivity index (χ4n) is 4.05. The Morgan fingerprint density at radius 2 is 1.91 bits per heavy atom. The van der Waals surface area contributed by atoms with Gasteiger partial charge >= 0.3 is 0 Å². The number of hydrogen-bond acceptors (Lipinski definition) is 6. The summed E-state index contributed by atoms with van der Waals surface area (Å²) in [6, 6.07) is 2.99. The normalized spacial score (nSPS) is 16.8. The van der Waals surface area contributed by atoms with Crippen molar-refractivity contribution in [3.8, 4) is 0 Å². The minimum Gasteiger partial charge on any atom is -0.347 e. The molecule has 1 heterocycles. The number of nitrogens with zero attached hydrogens (tertiary/aromatic N) is 2. The van der Waals surface area contributed by atoms with Crippen molar-refractivity contribution in [3.63, 3.8) is 0 Å². The summed E-state index contributed by atoms with van der Waals surface area (Å²) < 4.78 is 26.7. The van der Waals surface area contributed by atoms with Gasteiger partial charge in [0, 0.05) is 12.7 Å². The molecule has 0 saturated heterocycles. The highest BCUT2D eigenvalue weighted by atomic mass is 32.2. The Kier molecular flexibility index (Phi) is 10.2. The molecule has 0 radical (unpaired) electrons. The summed E-state index contributed by atoms with van der Waals surface area (Å²) in [6.07, 6.45) is 8.21. The number of carbonyl (C=O) groups is 3. The van der Waals surface area contributed by atoms with E-state index < -0.39 is 33.8 Å². The van der Waals surface area contributed by atoms with Gasteiger partial charge in [-0.15, -0.1) is 0 Å². The molecule has 2 N–H and O–H groups in total. The van der Waals surface area contributed by atoms with E-state index in [1.165, 1.54) is 18.7 Å². The predicted octanol–water partition coefficient (Wildman–Crippen LogP) is 1.64. The van der Waals surface area contributed by atoms with E-state index in [-0.39, 0.29) is 18.1 Å². The largest absolute Gasteiger partial charge is 0.347 e. The third-order valence-electron chi connectivity index (χ3n) is 5.92. The van der Waals surface area contributed by atoms with Gasteiger partial charge in [0.15, 0.2) is 10.8 Å². The maximum atomic E-state index is 12.9. The molecule has 1 aromatic heterocycles. The lowest BCUT2D eigenvalue weighted by Crippen LogP contribution is -2.52. The summed E-state index contributed by atoms with van der Waals surface area (Å²) in [7, 11) is -3.93. The van der Waals surface area contributed by atoms with Crippen molar-refractivity contribution in [3.05, 3.63) is 24.4 Å². The van der Waals surface area contributed by atoms with Crippen LogP contribution in [0.25, 0.3) is 0 Å². The van der Waals surface area contributed by atoms with Crippen LogP contribution < -0.4 is 10.6 Å². The van der Waals surface area contributed by atoms with Gasteiger partial charge in [-0.05, 0) is 30.9 Å². The smallest absolute Gasteiger partial charge is 0.260 e. The maximum absolute atomic E-state index is 12.9. The number of ketones is 1. The monoisotopic (exact) mass is 466 g/mol. The molecule has 0 unspecified atom stereocenters. The molecular weight excluding hydrogens is 432 g/mol. The molecule has 178 valence electrons. The lowest BCUT2D eigenvalue weighted by molar-refractivity contribution is -0.130. The Morgan fingerprint density at radius 3 is 2.47 bits per heavy atom. The molecule has 32 heavy (non-hydrogen) atoms. The summed E-state index contributed by atoms with van der Waals surface area (Å²) in [5.74, 6) is -0.468. The number of hydrogen-bond donors (Lipinski definition) is 2. The molecular formula is C22H34N4O5S. The highest BCUT2D eigenvalue weighted by Gasteiger charge is 2.31. The van der Waals surface area contributed by atoms with Crippen molar-refractivity contribution in [2.75, 3.05) is 13.1 Å². The van der Waals surface area contributed by atoms with Crippen LogP contribution in [0.4, 0.5) is 0 Å². The highest BCUT2D eigenvalue weighted by molar-refractivity contribution is 7.89. The summed E-state index contributed by atoms with van der Waals surface area (Å²) in [4.78, 5) is 40.7. The van der Waals surface area contributed by atoms with E-state index >= 15 is 0 Å². The predicted molar refractivity (Wildman–Crippen MR) is 120 cm³/mol. The first kappa shape index (κ1) is 25.9. The zero-order chi connectivity index (χ0) is 23.6. The van der Waals surface area contributed by atoms with Gasteiger partial charge in [0.2, 0.25) is 12.3 Å². The van der Waals surface area contributed by atoms with Gasteiger partial charge < -0.3 is 10.6 Å². The quantitative estimate of drug-likeness (QED) is 0.426. The van der Waals surface area contributed by atoms with Gasteiger partial charge in [0.05, 0.1) is 12.6 Å². The Bertz CT molecular complexity index is 856. The van der Waals surface area contributed by atoms with E-state index in [0.717, 1.165) is 30.0 Å². The van der Waals surface area contributed by atoms with Gasteiger partial charge in [-0.1, -0.05) is 52.0 Å². The zero-order valence-electron chi connectivity index (χ0n) is 18.8. The van der Waals surface area contributed by atoms with E-state index in [1.54, 1.807) is 26.0 Å². The molecule has 1 aliphatic carbocycles. The van der Waals surface area contributed by atoms with Crippen LogP contribution in [0.2, 0.25) is 0 Å². The van der Waals surface area contributed by atoms with Crippen LogP contribution in [0, 0.1) is 5.92 Å². The summed E-state index contributed by atoms with van der Waals surface area (Å²) in [5, 5.41) is 5.16. The number of aromatic nitrogens is 1. The van der Waals surface area contributed by atoms with E-state index in [4.69, 9.17) is 0 Å². The van der Waals surface area contributed by atoms with Crippen LogP contribution in [0.3, 0.4) is 0 Å². The molecule has 1 saturated carbocycles. The Balaban J connectivity index is 2.04. The minimum atomic E-state index is -3.93.